The van der Waals surface area contributed by atoms with Crippen molar-refractivity contribution in [2.75, 3.05) is 13.1 Å². The zero-order chi connectivity index (χ0) is 13.7. The predicted molar refractivity (Wildman–Crippen MR) is 77.3 cm³/mol. The third-order valence-corrected chi connectivity index (χ3v) is 5.84. The second-order valence-electron chi connectivity index (χ2n) is 4.73. The third kappa shape index (κ3) is 4.24. The number of thiazole rings is 1. The van der Waals surface area contributed by atoms with E-state index in [1.165, 1.54) is 0 Å². The molecule has 1 fully saturated rings. The highest BCUT2D eigenvalue weighted by atomic mass is 32.2. The first kappa shape index (κ1) is 14.9. The van der Waals surface area contributed by atoms with E-state index < -0.39 is 10.2 Å². The van der Waals surface area contributed by atoms with Crippen LogP contribution >= 0.6 is 11.3 Å². The molecule has 1 aliphatic rings. The van der Waals surface area contributed by atoms with Gasteiger partial charge in [0.2, 0.25) is 0 Å². The van der Waals surface area contributed by atoms with Gasteiger partial charge in [-0.1, -0.05) is 19.8 Å². The smallest absolute Gasteiger partial charge is 0.245 e. The minimum Gasteiger partial charge on any atom is -0.245 e. The van der Waals surface area contributed by atoms with Crippen LogP contribution < -0.4 is 4.72 Å². The largest absolute Gasteiger partial charge is 0.279 e. The van der Waals surface area contributed by atoms with Crippen LogP contribution in [0.15, 0.2) is 5.38 Å². The molecule has 1 saturated heterocycles. The molecule has 2 rings (SSSR count). The molecule has 1 aromatic rings. The SMILES string of the molecule is CCc1nc(CNS(=O)(=O)N2CCCCCC2)cs1. The van der Waals surface area contributed by atoms with Crippen molar-refractivity contribution in [2.24, 2.45) is 0 Å². The molecule has 0 radical (unpaired) electrons. The molecule has 1 N–H and O–H groups in total. The molecule has 19 heavy (non-hydrogen) atoms. The van der Waals surface area contributed by atoms with Crippen LogP contribution in [0.4, 0.5) is 0 Å². The summed E-state index contributed by atoms with van der Waals surface area (Å²) in [6, 6.07) is 0. The maximum atomic E-state index is 12.2. The van der Waals surface area contributed by atoms with Crippen molar-refractivity contribution in [1.82, 2.24) is 14.0 Å². The fourth-order valence-electron chi connectivity index (χ4n) is 2.13. The number of rotatable bonds is 5. The highest BCUT2D eigenvalue weighted by Gasteiger charge is 2.22. The fourth-order valence-corrected chi connectivity index (χ4v) is 4.13. The van der Waals surface area contributed by atoms with Gasteiger partial charge in [0, 0.05) is 18.5 Å². The predicted octanol–water partition coefficient (Wildman–Crippen LogP) is 1.92. The van der Waals surface area contributed by atoms with Gasteiger partial charge in [0.05, 0.1) is 17.2 Å². The Morgan fingerprint density at radius 3 is 2.58 bits per heavy atom. The van der Waals surface area contributed by atoms with Gasteiger partial charge >= 0.3 is 0 Å². The molecule has 0 aromatic carbocycles. The van der Waals surface area contributed by atoms with Gasteiger partial charge in [0.1, 0.15) is 0 Å². The van der Waals surface area contributed by atoms with Crippen molar-refractivity contribution in [1.29, 1.82) is 0 Å². The zero-order valence-corrected chi connectivity index (χ0v) is 12.9. The van der Waals surface area contributed by atoms with Crippen molar-refractivity contribution in [2.45, 2.75) is 45.6 Å². The fraction of sp³-hybridized carbons (Fsp3) is 0.750. The molecule has 5 nitrogen and oxygen atoms in total. The van der Waals surface area contributed by atoms with Gasteiger partial charge in [0.15, 0.2) is 0 Å². The standard InChI is InChI=1S/C12H21N3O2S2/c1-2-12-14-11(10-18-12)9-13-19(16,17)15-7-5-3-4-6-8-15/h10,13H,2-9H2,1H3. The van der Waals surface area contributed by atoms with Crippen LogP contribution in [-0.2, 0) is 23.2 Å². The summed E-state index contributed by atoms with van der Waals surface area (Å²) in [6.07, 6.45) is 5.05. The normalized spacial score (nSPS) is 18.4. The Bertz CT molecular complexity index is 491. The molecule has 108 valence electrons. The quantitative estimate of drug-likeness (QED) is 0.904. The number of hydrogen-bond donors (Lipinski definition) is 1. The van der Waals surface area contributed by atoms with Crippen LogP contribution in [0.25, 0.3) is 0 Å². The highest BCUT2D eigenvalue weighted by molar-refractivity contribution is 7.87. The minimum absolute atomic E-state index is 0.287. The number of aromatic nitrogens is 1. The molecule has 1 aliphatic heterocycles. The molecule has 7 heteroatoms. The summed E-state index contributed by atoms with van der Waals surface area (Å²) in [4.78, 5) is 4.37. The lowest BCUT2D eigenvalue weighted by atomic mass is 10.2. The summed E-state index contributed by atoms with van der Waals surface area (Å²) in [7, 11) is -3.35. The van der Waals surface area contributed by atoms with Gasteiger partial charge in [0.25, 0.3) is 10.2 Å². The van der Waals surface area contributed by atoms with Crippen LogP contribution in [0.5, 0.6) is 0 Å². The molecule has 1 aromatic heterocycles. The van der Waals surface area contributed by atoms with E-state index >= 15 is 0 Å². The van der Waals surface area contributed by atoms with Gasteiger partial charge in [-0.25, -0.2) is 4.98 Å². The Balaban J connectivity index is 1.92. The Morgan fingerprint density at radius 1 is 1.32 bits per heavy atom. The first-order valence-electron chi connectivity index (χ1n) is 6.80. The average molecular weight is 303 g/mol. The molecular weight excluding hydrogens is 282 g/mol. The number of aryl methyl sites for hydroxylation is 1. The molecule has 0 spiro atoms. The summed E-state index contributed by atoms with van der Waals surface area (Å²) in [5.74, 6) is 0. The molecule has 0 bridgehead atoms. The van der Waals surface area contributed by atoms with E-state index in [2.05, 4.69) is 9.71 Å². The second kappa shape index (κ2) is 6.78. The molecule has 0 amide bonds. The summed E-state index contributed by atoms with van der Waals surface area (Å²) >= 11 is 1.58. The van der Waals surface area contributed by atoms with E-state index in [-0.39, 0.29) is 6.54 Å². The Kier molecular flexibility index (Phi) is 5.32. The van der Waals surface area contributed by atoms with Crippen LogP contribution in [0, 0.1) is 0 Å². The van der Waals surface area contributed by atoms with E-state index in [1.807, 2.05) is 12.3 Å². The van der Waals surface area contributed by atoms with Gasteiger partial charge in [-0.3, -0.25) is 0 Å². The molecule has 0 unspecified atom stereocenters. The third-order valence-electron chi connectivity index (χ3n) is 3.24. The topological polar surface area (TPSA) is 62.3 Å². The lowest BCUT2D eigenvalue weighted by Gasteiger charge is -2.19. The van der Waals surface area contributed by atoms with E-state index in [1.54, 1.807) is 15.6 Å². The van der Waals surface area contributed by atoms with Gasteiger partial charge in [-0.05, 0) is 19.3 Å². The summed E-state index contributed by atoms with van der Waals surface area (Å²) < 4.78 is 28.6. The van der Waals surface area contributed by atoms with Gasteiger partial charge in [-0.15, -0.1) is 11.3 Å². The van der Waals surface area contributed by atoms with Crippen molar-refractivity contribution >= 4 is 21.5 Å². The second-order valence-corrected chi connectivity index (χ2v) is 7.42. The van der Waals surface area contributed by atoms with Crippen molar-refractivity contribution in [3.8, 4) is 0 Å². The van der Waals surface area contributed by atoms with E-state index in [0.29, 0.717) is 13.1 Å². The zero-order valence-electron chi connectivity index (χ0n) is 11.3. The summed E-state index contributed by atoms with van der Waals surface area (Å²) in [6.45, 7) is 3.60. The number of hydrogen-bond acceptors (Lipinski definition) is 4. The molecule has 0 aliphatic carbocycles. The summed E-state index contributed by atoms with van der Waals surface area (Å²) in [5, 5.41) is 2.97. The summed E-state index contributed by atoms with van der Waals surface area (Å²) in [5.41, 5.74) is 0.806. The monoisotopic (exact) mass is 303 g/mol. The molecular formula is C12H21N3O2S2. The van der Waals surface area contributed by atoms with Crippen molar-refractivity contribution < 1.29 is 8.42 Å². The van der Waals surface area contributed by atoms with Crippen molar-refractivity contribution in [3.05, 3.63) is 16.1 Å². The molecule has 0 atom stereocenters. The maximum absolute atomic E-state index is 12.2. The van der Waals surface area contributed by atoms with E-state index in [9.17, 15) is 8.42 Å². The maximum Gasteiger partial charge on any atom is 0.279 e. The number of nitrogens with zero attached hydrogens (tertiary/aromatic N) is 2. The highest BCUT2D eigenvalue weighted by Crippen LogP contribution is 2.14. The van der Waals surface area contributed by atoms with Crippen LogP contribution in [0.1, 0.15) is 43.3 Å². The first-order chi connectivity index (χ1) is 9.12. The van der Waals surface area contributed by atoms with Crippen molar-refractivity contribution in [3.63, 3.8) is 0 Å². The van der Waals surface area contributed by atoms with Crippen LogP contribution in [-0.4, -0.2) is 30.8 Å². The van der Waals surface area contributed by atoms with Crippen LogP contribution in [0.3, 0.4) is 0 Å². The lowest BCUT2D eigenvalue weighted by molar-refractivity contribution is 0.414. The van der Waals surface area contributed by atoms with E-state index in [0.717, 1.165) is 42.8 Å². The molecule has 0 saturated carbocycles. The average Bonchev–Trinajstić information content (AvgIpc) is 2.67. The van der Waals surface area contributed by atoms with E-state index in [4.69, 9.17) is 0 Å². The number of nitrogens with one attached hydrogen (secondary N) is 1. The Labute approximate surface area is 119 Å². The first-order valence-corrected chi connectivity index (χ1v) is 9.12. The minimum atomic E-state index is -3.35. The Hall–Kier alpha value is -0.500. The lowest BCUT2D eigenvalue weighted by Crippen LogP contribution is -2.40. The van der Waals surface area contributed by atoms with Gasteiger partial charge < -0.3 is 0 Å². The Morgan fingerprint density at radius 2 is 2.00 bits per heavy atom. The molecule has 2 heterocycles. The van der Waals surface area contributed by atoms with Gasteiger partial charge in [-0.2, -0.15) is 17.4 Å². The van der Waals surface area contributed by atoms with Crippen LogP contribution in [0.2, 0.25) is 0 Å².